The van der Waals surface area contributed by atoms with Gasteiger partial charge in [0.15, 0.2) is 9.84 Å². The number of carboxylic acids is 1. The second-order valence-corrected chi connectivity index (χ2v) is 6.35. The van der Waals surface area contributed by atoms with Crippen molar-refractivity contribution in [3.05, 3.63) is 29.8 Å². The molecule has 0 aromatic heterocycles. The summed E-state index contributed by atoms with van der Waals surface area (Å²) in [5.74, 6) is -0.771. The number of hydrogen-bond acceptors (Lipinski definition) is 3. The van der Waals surface area contributed by atoms with Crippen LogP contribution < -0.4 is 0 Å². The summed E-state index contributed by atoms with van der Waals surface area (Å²) < 4.78 is 23.8. The highest BCUT2D eigenvalue weighted by Gasteiger charge is 2.13. The zero-order valence-corrected chi connectivity index (χ0v) is 11.2. The van der Waals surface area contributed by atoms with Crippen molar-refractivity contribution in [2.75, 3.05) is 5.75 Å². The van der Waals surface area contributed by atoms with Crippen LogP contribution >= 0.6 is 0 Å². The van der Waals surface area contributed by atoms with Crippen LogP contribution in [-0.2, 0) is 21.1 Å². The number of rotatable bonds is 7. The first-order chi connectivity index (χ1) is 8.45. The van der Waals surface area contributed by atoms with Gasteiger partial charge in [-0.25, -0.2) is 8.42 Å². The highest BCUT2D eigenvalue weighted by atomic mass is 32.2. The van der Waals surface area contributed by atoms with E-state index in [0.29, 0.717) is 12.0 Å². The first-order valence-corrected chi connectivity index (χ1v) is 7.64. The molecule has 0 heterocycles. The predicted molar refractivity (Wildman–Crippen MR) is 69.4 cm³/mol. The van der Waals surface area contributed by atoms with Gasteiger partial charge in [0.1, 0.15) is 0 Å². The highest BCUT2D eigenvalue weighted by molar-refractivity contribution is 7.91. The molecule has 0 aliphatic rings. The molecule has 0 aliphatic heterocycles. The van der Waals surface area contributed by atoms with Crippen molar-refractivity contribution < 1.29 is 18.3 Å². The maximum Gasteiger partial charge on any atom is 0.307 e. The first kappa shape index (κ1) is 14.7. The summed E-state index contributed by atoms with van der Waals surface area (Å²) in [5.41, 5.74) is 0.606. The van der Waals surface area contributed by atoms with Gasteiger partial charge in [0.25, 0.3) is 0 Å². The Morgan fingerprint density at radius 1 is 1.17 bits per heavy atom. The molecule has 100 valence electrons. The maximum absolute atomic E-state index is 11.9. The molecule has 1 N–H and O–H groups in total. The molecule has 4 nitrogen and oxygen atoms in total. The van der Waals surface area contributed by atoms with Crippen LogP contribution in [0.1, 0.15) is 31.7 Å². The smallest absolute Gasteiger partial charge is 0.307 e. The third-order valence-corrected chi connectivity index (χ3v) is 4.47. The molecule has 0 radical (unpaired) electrons. The fourth-order valence-electron chi connectivity index (χ4n) is 1.65. The minimum absolute atomic E-state index is 0.0871. The third kappa shape index (κ3) is 4.49. The van der Waals surface area contributed by atoms with E-state index in [-0.39, 0.29) is 17.1 Å². The van der Waals surface area contributed by atoms with Crippen LogP contribution in [0.2, 0.25) is 0 Å². The van der Waals surface area contributed by atoms with Crippen molar-refractivity contribution in [1.29, 1.82) is 0 Å². The third-order valence-electron chi connectivity index (χ3n) is 2.65. The van der Waals surface area contributed by atoms with Gasteiger partial charge in [-0.2, -0.15) is 0 Å². The average Bonchev–Trinajstić information content (AvgIpc) is 2.29. The molecule has 5 heteroatoms. The number of carbonyl (C=O) groups is 1. The summed E-state index contributed by atoms with van der Waals surface area (Å²) in [6.07, 6.45) is 2.45. The normalized spacial score (nSPS) is 11.4. The summed E-state index contributed by atoms with van der Waals surface area (Å²) in [5, 5.41) is 8.62. The van der Waals surface area contributed by atoms with E-state index in [4.69, 9.17) is 5.11 Å². The van der Waals surface area contributed by atoms with Gasteiger partial charge in [0, 0.05) is 0 Å². The van der Waals surface area contributed by atoms with Gasteiger partial charge in [-0.05, 0) is 24.1 Å². The molecular weight excluding hydrogens is 252 g/mol. The number of carboxylic acid groups (broad SMARTS) is 1. The predicted octanol–water partition coefficient (Wildman–Crippen LogP) is 2.28. The lowest BCUT2D eigenvalue weighted by Gasteiger charge is -2.05. The summed E-state index contributed by atoms with van der Waals surface area (Å²) in [4.78, 5) is 10.8. The van der Waals surface area contributed by atoms with E-state index in [1.54, 1.807) is 12.1 Å². The molecule has 0 bridgehead atoms. The second-order valence-electron chi connectivity index (χ2n) is 4.24. The first-order valence-electron chi connectivity index (χ1n) is 5.99. The van der Waals surface area contributed by atoms with Gasteiger partial charge in [-0.3, -0.25) is 4.79 Å². The molecule has 0 saturated carbocycles. The SMILES string of the molecule is CCCCCS(=O)(=O)c1ccc(CC(=O)O)cc1. The summed E-state index contributed by atoms with van der Waals surface area (Å²) in [6.45, 7) is 2.02. The van der Waals surface area contributed by atoms with Crippen LogP contribution in [-0.4, -0.2) is 25.2 Å². The van der Waals surface area contributed by atoms with Gasteiger partial charge < -0.3 is 5.11 Å². The van der Waals surface area contributed by atoms with Crippen LogP contribution in [0.4, 0.5) is 0 Å². The minimum atomic E-state index is -3.23. The van der Waals surface area contributed by atoms with Crippen LogP contribution in [0.5, 0.6) is 0 Å². The molecule has 1 rings (SSSR count). The van der Waals surface area contributed by atoms with E-state index >= 15 is 0 Å². The van der Waals surface area contributed by atoms with Gasteiger partial charge in [-0.1, -0.05) is 31.9 Å². The fraction of sp³-hybridized carbons (Fsp3) is 0.462. The van der Waals surface area contributed by atoms with Crippen LogP contribution in [0.3, 0.4) is 0 Å². The molecule has 0 aliphatic carbocycles. The lowest BCUT2D eigenvalue weighted by atomic mass is 10.2. The van der Waals surface area contributed by atoms with E-state index in [2.05, 4.69) is 0 Å². The van der Waals surface area contributed by atoms with E-state index in [1.807, 2.05) is 6.92 Å². The monoisotopic (exact) mass is 270 g/mol. The Morgan fingerprint density at radius 3 is 2.28 bits per heavy atom. The molecule has 0 amide bonds. The van der Waals surface area contributed by atoms with Gasteiger partial charge in [0.2, 0.25) is 0 Å². The largest absolute Gasteiger partial charge is 0.481 e. The summed E-state index contributed by atoms with van der Waals surface area (Å²) in [6, 6.07) is 6.08. The Kier molecular flexibility index (Phi) is 5.34. The molecule has 0 unspecified atom stereocenters. The van der Waals surface area contributed by atoms with E-state index in [9.17, 15) is 13.2 Å². The molecule has 18 heavy (non-hydrogen) atoms. The Hall–Kier alpha value is -1.36. The fourth-order valence-corrected chi connectivity index (χ4v) is 3.02. The van der Waals surface area contributed by atoms with Crippen LogP contribution in [0.25, 0.3) is 0 Å². The van der Waals surface area contributed by atoms with Crippen molar-refractivity contribution in [3.63, 3.8) is 0 Å². The minimum Gasteiger partial charge on any atom is -0.481 e. The number of sulfone groups is 1. The molecule has 0 spiro atoms. The van der Waals surface area contributed by atoms with Crippen molar-refractivity contribution >= 4 is 15.8 Å². The Bertz CT molecular complexity index is 488. The zero-order chi connectivity index (χ0) is 13.6. The summed E-state index contributed by atoms with van der Waals surface area (Å²) >= 11 is 0. The Labute approximate surface area is 108 Å². The molecule has 0 atom stereocenters. The lowest BCUT2D eigenvalue weighted by Crippen LogP contribution is -2.07. The number of aliphatic carboxylic acids is 1. The quantitative estimate of drug-likeness (QED) is 0.771. The summed E-state index contributed by atoms with van der Waals surface area (Å²) in [7, 11) is -3.23. The van der Waals surface area contributed by atoms with E-state index in [0.717, 1.165) is 12.8 Å². The van der Waals surface area contributed by atoms with Crippen molar-refractivity contribution in [2.45, 2.75) is 37.5 Å². The molecule has 1 aromatic rings. The number of unbranched alkanes of at least 4 members (excludes halogenated alkanes) is 2. The standard InChI is InChI=1S/C13H18O4S/c1-2-3-4-9-18(16,17)12-7-5-11(6-8-12)10-13(14)15/h5-8H,2-4,9-10H2,1H3,(H,14,15). The zero-order valence-electron chi connectivity index (χ0n) is 10.4. The molecule has 0 fully saturated rings. The molecule has 1 aromatic carbocycles. The van der Waals surface area contributed by atoms with Crippen LogP contribution in [0.15, 0.2) is 29.2 Å². The van der Waals surface area contributed by atoms with Crippen molar-refractivity contribution in [2.24, 2.45) is 0 Å². The average molecular weight is 270 g/mol. The second kappa shape index (κ2) is 6.54. The molecular formula is C13H18O4S. The number of benzene rings is 1. The van der Waals surface area contributed by atoms with E-state index in [1.165, 1.54) is 12.1 Å². The molecule has 0 saturated heterocycles. The lowest BCUT2D eigenvalue weighted by molar-refractivity contribution is -0.136. The topological polar surface area (TPSA) is 71.4 Å². The number of hydrogen-bond donors (Lipinski definition) is 1. The maximum atomic E-state index is 11.9. The Morgan fingerprint density at radius 2 is 1.78 bits per heavy atom. The van der Waals surface area contributed by atoms with Crippen molar-refractivity contribution in [3.8, 4) is 0 Å². The van der Waals surface area contributed by atoms with Gasteiger partial charge in [0.05, 0.1) is 17.1 Å². The van der Waals surface area contributed by atoms with E-state index < -0.39 is 15.8 Å². The van der Waals surface area contributed by atoms with Crippen LogP contribution in [0, 0.1) is 0 Å². The highest BCUT2D eigenvalue weighted by Crippen LogP contribution is 2.14. The van der Waals surface area contributed by atoms with Gasteiger partial charge in [-0.15, -0.1) is 0 Å². The van der Waals surface area contributed by atoms with Gasteiger partial charge >= 0.3 is 5.97 Å². The van der Waals surface area contributed by atoms with Crippen molar-refractivity contribution in [1.82, 2.24) is 0 Å². The Balaban J connectivity index is 2.74.